The minimum Gasteiger partial charge on any atom is -0.493 e. The van der Waals surface area contributed by atoms with Crippen molar-refractivity contribution in [2.45, 2.75) is 26.4 Å². The fraction of sp³-hybridized carbons (Fsp3) is 0.538. The van der Waals surface area contributed by atoms with Gasteiger partial charge in [-0.1, -0.05) is 44.2 Å². The minimum absolute atomic E-state index is 0.348. The average Bonchev–Trinajstić information content (AvgIpc) is 2.85. The second-order valence-electron chi connectivity index (χ2n) is 8.26. The van der Waals surface area contributed by atoms with Gasteiger partial charge >= 0.3 is 0 Å². The molecule has 6 nitrogen and oxygen atoms in total. The molecule has 6 heteroatoms. The summed E-state index contributed by atoms with van der Waals surface area (Å²) in [5.41, 5.74) is 2.53. The van der Waals surface area contributed by atoms with E-state index in [1.165, 1.54) is 5.56 Å². The molecule has 0 bridgehead atoms. The van der Waals surface area contributed by atoms with Gasteiger partial charge in [-0.15, -0.1) is 0 Å². The summed E-state index contributed by atoms with van der Waals surface area (Å²) in [7, 11) is 4.98. The van der Waals surface area contributed by atoms with Gasteiger partial charge in [0.1, 0.15) is 0 Å². The van der Waals surface area contributed by atoms with Gasteiger partial charge in [-0.2, -0.15) is 0 Å². The van der Waals surface area contributed by atoms with Gasteiger partial charge in [-0.25, -0.2) is 0 Å². The quantitative estimate of drug-likeness (QED) is 0.526. The highest BCUT2D eigenvalue weighted by molar-refractivity contribution is 5.53. The van der Waals surface area contributed by atoms with Crippen LogP contribution in [0.2, 0.25) is 0 Å². The lowest BCUT2D eigenvalue weighted by Gasteiger charge is -2.42. The number of likely N-dealkylation sites (N-methyl/N-ethyl adjacent to an activating group) is 1. The summed E-state index contributed by atoms with van der Waals surface area (Å²) < 4.78 is 16.7. The lowest BCUT2D eigenvalue weighted by Crippen LogP contribution is -2.49. The van der Waals surface area contributed by atoms with Crippen molar-refractivity contribution in [3.8, 4) is 17.2 Å². The van der Waals surface area contributed by atoms with E-state index in [0.29, 0.717) is 23.3 Å². The highest BCUT2D eigenvalue weighted by atomic mass is 16.5. The Morgan fingerprint density at radius 3 is 2.12 bits per heavy atom. The molecule has 1 atom stereocenters. The van der Waals surface area contributed by atoms with E-state index in [1.54, 1.807) is 21.3 Å². The highest BCUT2D eigenvalue weighted by Crippen LogP contribution is 2.39. The maximum atomic E-state index is 5.58. The van der Waals surface area contributed by atoms with Crippen LogP contribution in [0.3, 0.4) is 0 Å². The first-order valence-corrected chi connectivity index (χ1v) is 11.7. The molecule has 0 saturated carbocycles. The van der Waals surface area contributed by atoms with Gasteiger partial charge < -0.3 is 19.1 Å². The van der Waals surface area contributed by atoms with Crippen LogP contribution < -0.4 is 14.2 Å². The van der Waals surface area contributed by atoms with Crippen molar-refractivity contribution in [3.63, 3.8) is 0 Å². The molecule has 1 saturated heterocycles. The average molecular weight is 442 g/mol. The number of ether oxygens (including phenoxy) is 3. The van der Waals surface area contributed by atoms with Crippen molar-refractivity contribution in [1.29, 1.82) is 0 Å². The maximum Gasteiger partial charge on any atom is 0.203 e. The SMILES string of the molecule is CCN(CC)CCN1CCN(Cc2cc(OC)c(OC)c(OC)c2)C(c2ccccc2)C1. The fourth-order valence-corrected chi connectivity index (χ4v) is 4.54. The first-order valence-electron chi connectivity index (χ1n) is 11.7. The van der Waals surface area contributed by atoms with E-state index >= 15 is 0 Å². The zero-order chi connectivity index (χ0) is 22.9. The zero-order valence-corrected chi connectivity index (χ0v) is 20.3. The van der Waals surface area contributed by atoms with Gasteiger partial charge in [0.25, 0.3) is 0 Å². The van der Waals surface area contributed by atoms with E-state index in [1.807, 2.05) is 0 Å². The topological polar surface area (TPSA) is 37.4 Å². The molecular weight excluding hydrogens is 402 g/mol. The van der Waals surface area contributed by atoms with Crippen LogP contribution in [0.4, 0.5) is 0 Å². The molecule has 0 aromatic heterocycles. The van der Waals surface area contributed by atoms with Gasteiger partial charge in [-0.3, -0.25) is 9.80 Å². The lowest BCUT2D eigenvalue weighted by molar-refractivity contribution is 0.0619. The van der Waals surface area contributed by atoms with Crippen molar-refractivity contribution in [1.82, 2.24) is 14.7 Å². The van der Waals surface area contributed by atoms with E-state index in [2.05, 4.69) is 71.0 Å². The summed E-state index contributed by atoms with van der Waals surface area (Å²) >= 11 is 0. The number of methoxy groups -OCH3 is 3. The number of hydrogen-bond acceptors (Lipinski definition) is 6. The molecule has 1 fully saturated rings. The summed E-state index contributed by atoms with van der Waals surface area (Å²) in [5, 5.41) is 0. The molecule has 0 amide bonds. The monoisotopic (exact) mass is 441 g/mol. The third-order valence-corrected chi connectivity index (χ3v) is 6.50. The Balaban J connectivity index is 1.79. The van der Waals surface area contributed by atoms with Crippen molar-refractivity contribution < 1.29 is 14.2 Å². The molecule has 0 spiro atoms. The van der Waals surface area contributed by atoms with Crippen molar-refractivity contribution >= 4 is 0 Å². The molecule has 2 aromatic rings. The Bertz CT molecular complexity index is 801. The first kappa shape index (κ1) is 24.4. The third-order valence-electron chi connectivity index (χ3n) is 6.50. The largest absolute Gasteiger partial charge is 0.493 e. The molecule has 1 heterocycles. The van der Waals surface area contributed by atoms with Crippen LogP contribution in [0.5, 0.6) is 17.2 Å². The molecule has 0 aliphatic carbocycles. The molecule has 1 unspecified atom stereocenters. The first-order chi connectivity index (χ1) is 15.6. The van der Waals surface area contributed by atoms with E-state index in [0.717, 1.165) is 57.9 Å². The van der Waals surface area contributed by atoms with Gasteiger partial charge in [0.2, 0.25) is 5.75 Å². The van der Waals surface area contributed by atoms with Gasteiger partial charge in [0, 0.05) is 45.3 Å². The summed E-state index contributed by atoms with van der Waals surface area (Å²) in [4.78, 5) is 7.69. The standard InChI is InChI=1S/C26H39N3O3/c1-6-27(7-2)13-14-28-15-16-29(23(20-28)22-11-9-8-10-12-22)19-21-17-24(30-3)26(32-5)25(18-21)31-4/h8-12,17-18,23H,6-7,13-16,19-20H2,1-5H3. The van der Waals surface area contributed by atoms with Crippen molar-refractivity contribution in [2.75, 3.05) is 67.1 Å². The van der Waals surface area contributed by atoms with Gasteiger partial charge in [0.05, 0.1) is 21.3 Å². The number of piperazine rings is 1. The Labute approximate surface area is 193 Å². The summed E-state index contributed by atoms with van der Waals surface area (Å²) in [5.74, 6) is 2.05. The molecule has 1 aliphatic heterocycles. The molecule has 176 valence electrons. The Kier molecular flexibility index (Phi) is 9.21. The highest BCUT2D eigenvalue weighted by Gasteiger charge is 2.29. The van der Waals surface area contributed by atoms with E-state index in [9.17, 15) is 0 Å². The molecule has 0 radical (unpaired) electrons. The van der Waals surface area contributed by atoms with E-state index < -0.39 is 0 Å². The smallest absolute Gasteiger partial charge is 0.203 e. The van der Waals surface area contributed by atoms with Gasteiger partial charge in [-0.05, 0) is 36.3 Å². The van der Waals surface area contributed by atoms with Crippen LogP contribution in [0.25, 0.3) is 0 Å². The summed E-state index contributed by atoms with van der Waals surface area (Å²) in [6.07, 6.45) is 0. The maximum absolute atomic E-state index is 5.58. The Hall–Kier alpha value is -2.28. The minimum atomic E-state index is 0.348. The van der Waals surface area contributed by atoms with Crippen LogP contribution in [0.1, 0.15) is 31.0 Å². The molecule has 32 heavy (non-hydrogen) atoms. The number of nitrogens with zero attached hydrogens (tertiary/aromatic N) is 3. The number of benzene rings is 2. The Morgan fingerprint density at radius 1 is 0.906 bits per heavy atom. The molecular formula is C26H39N3O3. The normalized spacial score (nSPS) is 17.5. The van der Waals surface area contributed by atoms with E-state index in [4.69, 9.17) is 14.2 Å². The summed E-state index contributed by atoms with van der Waals surface area (Å²) in [6, 6.07) is 15.4. The lowest BCUT2D eigenvalue weighted by atomic mass is 10.0. The zero-order valence-electron chi connectivity index (χ0n) is 20.3. The van der Waals surface area contributed by atoms with Crippen LogP contribution in [-0.4, -0.2) is 81.8 Å². The predicted molar refractivity (Wildman–Crippen MR) is 130 cm³/mol. The van der Waals surface area contributed by atoms with Crippen LogP contribution in [0.15, 0.2) is 42.5 Å². The number of hydrogen-bond donors (Lipinski definition) is 0. The second-order valence-corrected chi connectivity index (χ2v) is 8.26. The van der Waals surface area contributed by atoms with E-state index in [-0.39, 0.29) is 0 Å². The second kappa shape index (κ2) is 12.1. The molecule has 1 aliphatic rings. The van der Waals surface area contributed by atoms with Crippen molar-refractivity contribution in [2.24, 2.45) is 0 Å². The molecule has 2 aromatic carbocycles. The number of rotatable bonds is 11. The Morgan fingerprint density at radius 2 is 1.56 bits per heavy atom. The fourth-order valence-electron chi connectivity index (χ4n) is 4.54. The van der Waals surface area contributed by atoms with Crippen LogP contribution >= 0.6 is 0 Å². The summed E-state index contributed by atoms with van der Waals surface area (Å²) in [6.45, 7) is 12.9. The third kappa shape index (κ3) is 5.94. The van der Waals surface area contributed by atoms with Gasteiger partial charge in [0.15, 0.2) is 11.5 Å². The molecule has 0 N–H and O–H groups in total. The van der Waals surface area contributed by atoms with Crippen LogP contribution in [0, 0.1) is 0 Å². The van der Waals surface area contributed by atoms with Crippen molar-refractivity contribution in [3.05, 3.63) is 53.6 Å². The molecule has 3 rings (SSSR count). The van der Waals surface area contributed by atoms with Crippen LogP contribution in [-0.2, 0) is 6.54 Å². The predicted octanol–water partition coefficient (Wildman–Crippen LogP) is 3.91.